The number of hydrogen-bond donors (Lipinski definition) is 2. The Morgan fingerprint density at radius 2 is 2.33 bits per heavy atom. The van der Waals surface area contributed by atoms with Gasteiger partial charge in [0.05, 0.1) is 11.1 Å². The topological polar surface area (TPSA) is 49.3 Å². The standard InChI is InChI=1S/C10H11ClFNO2/c1-6(14)13-5-10(15)7-2-3-8(11)9(12)4-7/h2-4,10,15H,5H2,1H3,(H,13,14). The molecule has 0 bridgehead atoms. The van der Waals surface area contributed by atoms with Crippen LogP contribution in [0, 0.1) is 5.82 Å². The summed E-state index contributed by atoms with van der Waals surface area (Å²) in [6.07, 6.45) is -0.930. The number of halogens is 2. The summed E-state index contributed by atoms with van der Waals surface area (Å²) >= 11 is 5.49. The van der Waals surface area contributed by atoms with Crippen molar-refractivity contribution in [1.82, 2.24) is 5.32 Å². The lowest BCUT2D eigenvalue weighted by atomic mass is 10.1. The van der Waals surface area contributed by atoms with E-state index in [2.05, 4.69) is 5.32 Å². The lowest BCUT2D eigenvalue weighted by Gasteiger charge is -2.11. The van der Waals surface area contributed by atoms with Gasteiger partial charge < -0.3 is 10.4 Å². The van der Waals surface area contributed by atoms with Gasteiger partial charge in [0.25, 0.3) is 0 Å². The quantitative estimate of drug-likeness (QED) is 0.831. The summed E-state index contributed by atoms with van der Waals surface area (Å²) in [5.74, 6) is -0.834. The number of aliphatic hydroxyl groups excluding tert-OH is 1. The van der Waals surface area contributed by atoms with Crippen molar-refractivity contribution in [2.24, 2.45) is 0 Å². The zero-order valence-corrected chi connectivity index (χ0v) is 8.88. The average Bonchev–Trinajstić information content (AvgIpc) is 2.18. The number of carbonyl (C=O) groups excluding carboxylic acids is 1. The molecule has 0 saturated heterocycles. The van der Waals surface area contributed by atoms with Crippen LogP contribution < -0.4 is 5.32 Å². The van der Waals surface area contributed by atoms with E-state index in [9.17, 15) is 14.3 Å². The lowest BCUT2D eigenvalue weighted by Crippen LogP contribution is -2.25. The number of benzene rings is 1. The molecule has 0 radical (unpaired) electrons. The molecular weight excluding hydrogens is 221 g/mol. The highest BCUT2D eigenvalue weighted by Gasteiger charge is 2.10. The Hall–Kier alpha value is -1.13. The first-order chi connectivity index (χ1) is 7.00. The predicted molar refractivity (Wildman–Crippen MR) is 55.1 cm³/mol. The van der Waals surface area contributed by atoms with E-state index >= 15 is 0 Å². The van der Waals surface area contributed by atoms with Crippen molar-refractivity contribution in [2.75, 3.05) is 6.54 Å². The normalized spacial score (nSPS) is 12.3. The number of hydrogen-bond acceptors (Lipinski definition) is 2. The molecule has 0 saturated carbocycles. The van der Waals surface area contributed by atoms with E-state index in [1.807, 2.05) is 0 Å². The maximum absolute atomic E-state index is 13.0. The Bertz CT molecular complexity index is 370. The Morgan fingerprint density at radius 3 is 2.87 bits per heavy atom. The molecule has 0 aliphatic heterocycles. The lowest BCUT2D eigenvalue weighted by molar-refractivity contribution is -0.119. The molecule has 3 nitrogen and oxygen atoms in total. The molecular formula is C10H11ClFNO2. The van der Waals surface area contributed by atoms with E-state index in [1.54, 1.807) is 0 Å². The summed E-state index contributed by atoms with van der Waals surface area (Å²) in [7, 11) is 0. The second-order valence-electron chi connectivity index (χ2n) is 3.13. The van der Waals surface area contributed by atoms with E-state index in [4.69, 9.17) is 11.6 Å². The SMILES string of the molecule is CC(=O)NCC(O)c1ccc(Cl)c(F)c1. The minimum atomic E-state index is -0.930. The largest absolute Gasteiger partial charge is 0.387 e. The minimum Gasteiger partial charge on any atom is -0.387 e. The second-order valence-corrected chi connectivity index (χ2v) is 3.53. The molecule has 1 atom stereocenters. The first kappa shape index (κ1) is 11.9. The van der Waals surface area contributed by atoms with Gasteiger partial charge in [0, 0.05) is 13.5 Å². The first-order valence-corrected chi connectivity index (χ1v) is 4.76. The van der Waals surface area contributed by atoms with Crippen molar-refractivity contribution in [3.8, 4) is 0 Å². The molecule has 1 amide bonds. The van der Waals surface area contributed by atoms with Crippen molar-refractivity contribution in [3.63, 3.8) is 0 Å². The number of amides is 1. The van der Waals surface area contributed by atoms with E-state index in [-0.39, 0.29) is 17.5 Å². The fourth-order valence-electron chi connectivity index (χ4n) is 1.08. The van der Waals surface area contributed by atoms with Gasteiger partial charge in [0.15, 0.2) is 0 Å². The minimum absolute atomic E-state index is 0.00507. The van der Waals surface area contributed by atoms with Crippen molar-refractivity contribution >= 4 is 17.5 Å². The van der Waals surface area contributed by atoms with Crippen LogP contribution in [0.4, 0.5) is 4.39 Å². The van der Waals surface area contributed by atoms with Crippen molar-refractivity contribution < 1.29 is 14.3 Å². The van der Waals surface area contributed by atoms with Crippen LogP contribution in [-0.2, 0) is 4.79 Å². The van der Waals surface area contributed by atoms with Gasteiger partial charge in [0.1, 0.15) is 5.82 Å². The molecule has 0 aromatic heterocycles. The third-order valence-electron chi connectivity index (χ3n) is 1.87. The predicted octanol–water partition coefficient (Wildman–Crippen LogP) is 1.65. The van der Waals surface area contributed by atoms with Crippen molar-refractivity contribution in [1.29, 1.82) is 0 Å². The van der Waals surface area contributed by atoms with Gasteiger partial charge in [-0.25, -0.2) is 4.39 Å². The maximum Gasteiger partial charge on any atom is 0.216 e. The molecule has 2 N–H and O–H groups in total. The molecule has 1 aromatic rings. The number of carbonyl (C=O) groups is 1. The Balaban J connectivity index is 2.69. The fourth-order valence-corrected chi connectivity index (χ4v) is 1.20. The van der Waals surface area contributed by atoms with Crippen LogP contribution in [0.15, 0.2) is 18.2 Å². The molecule has 15 heavy (non-hydrogen) atoms. The van der Waals surface area contributed by atoms with Gasteiger partial charge in [-0.1, -0.05) is 17.7 Å². The zero-order chi connectivity index (χ0) is 11.4. The van der Waals surface area contributed by atoms with Crippen LogP contribution in [-0.4, -0.2) is 17.6 Å². The molecule has 0 spiro atoms. The summed E-state index contributed by atoms with van der Waals surface area (Å²) < 4.78 is 13.0. The van der Waals surface area contributed by atoms with Crippen LogP contribution >= 0.6 is 11.6 Å². The number of rotatable bonds is 3. The Kier molecular flexibility index (Phi) is 4.05. The molecule has 5 heteroatoms. The highest BCUT2D eigenvalue weighted by molar-refractivity contribution is 6.30. The van der Waals surface area contributed by atoms with Crippen LogP contribution in [0.5, 0.6) is 0 Å². The second kappa shape index (κ2) is 5.09. The smallest absolute Gasteiger partial charge is 0.216 e. The summed E-state index contributed by atoms with van der Waals surface area (Å²) in [5.41, 5.74) is 0.380. The summed E-state index contributed by atoms with van der Waals surface area (Å²) in [6.45, 7) is 1.39. The highest BCUT2D eigenvalue weighted by atomic mass is 35.5. The zero-order valence-electron chi connectivity index (χ0n) is 8.13. The molecule has 0 heterocycles. The number of aliphatic hydroxyl groups is 1. The molecule has 0 aliphatic rings. The van der Waals surface area contributed by atoms with Gasteiger partial charge in [-0.15, -0.1) is 0 Å². The van der Waals surface area contributed by atoms with E-state index in [0.717, 1.165) is 6.07 Å². The van der Waals surface area contributed by atoms with Gasteiger partial charge in [-0.2, -0.15) is 0 Å². The van der Waals surface area contributed by atoms with Gasteiger partial charge in [-0.05, 0) is 17.7 Å². The van der Waals surface area contributed by atoms with Crippen LogP contribution in [0.2, 0.25) is 5.02 Å². The summed E-state index contributed by atoms with van der Waals surface area (Å²) in [6, 6.07) is 4.02. The monoisotopic (exact) mass is 231 g/mol. The first-order valence-electron chi connectivity index (χ1n) is 4.38. The summed E-state index contributed by atoms with van der Waals surface area (Å²) in [4.78, 5) is 10.6. The van der Waals surface area contributed by atoms with Crippen LogP contribution in [0.1, 0.15) is 18.6 Å². The van der Waals surface area contributed by atoms with Gasteiger partial charge in [-0.3, -0.25) is 4.79 Å². The fraction of sp³-hybridized carbons (Fsp3) is 0.300. The van der Waals surface area contributed by atoms with Crippen LogP contribution in [0.25, 0.3) is 0 Å². The van der Waals surface area contributed by atoms with Crippen molar-refractivity contribution in [2.45, 2.75) is 13.0 Å². The molecule has 0 fully saturated rings. The maximum atomic E-state index is 13.0. The van der Waals surface area contributed by atoms with Gasteiger partial charge in [0.2, 0.25) is 5.91 Å². The Labute approximate surface area is 91.9 Å². The Morgan fingerprint density at radius 1 is 1.67 bits per heavy atom. The van der Waals surface area contributed by atoms with Crippen molar-refractivity contribution in [3.05, 3.63) is 34.6 Å². The molecule has 1 unspecified atom stereocenters. The highest BCUT2D eigenvalue weighted by Crippen LogP contribution is 2.19. The third kappa shape index (κ3) is 3.49. The number of nitrogens with one attached hydrogen (secondary N) is 1. The molecule has 1 rings (SSSR count). The van der Waals surface area contributed by atoms with Gasteiger partial charge >= 0.3 is 0 Å². The average molecular weight is 232 g/mol. The molecule has 82 valence electrons. The van der Waals surface area contributed by atoms with E-state index in [1.165, 1.54) is 19.1 Å². The third-order valence-corrected chi connectivity index (χ3v) is 2.18. The van der Waals surface area contributed by atoms with E-state index in [0.29, 0.717) is 5.56 Å². The summed E-state index contributed by atoms with van der Waals surface area (Å²) in [5, 5.41) is 12.0. The molecule has 0 aliphatic carbocycles. The van der Waals surface area contributed by atoms with E-state index < -0.39 is 11.9 Å². The van der Waals surface area contributed by atoms with Crippen LogP contribution in [0.3, 0.4) is 0 Å². The molecule has 1 aromatic carbocycles.